The number of carbonyl (C=O) groups is 2. The molecule has 0 radical (unpaired) electrons. The van der Waals surface area contributed by atoms with Gasteiger partial charge in [-0.25, -0.2) is 0 Å². The van der Waals surface area contributed by atoms with Crippen molar-refractivity contribution >= 4 is 11.8 Å². The molecule has 3 rings (SSSR count). The maximum atomic E-state index is 12.2. The fraction of sp³-hybridized carbons (Fsp3) is 0.500. The van der Waals surface area contributed by atoms with E-state index in [0.29, 0.717) is 19.5 Å². The van der Waals surface area contributed by atoms with Gasteiger partial charge in [0.1, 0.15) is 12.1 Å². The van der Waals surface area contributed by atoms with Crippen LogP contribution in [0.4, 0.5) is 0 Å². The van der Waals surface area contributed by atoms with Crippen molar-refractivity contribution in [2.45, 2.75) is 38.0 Å². The van der Waals surface area contributed by atoms with Crippen LogP contribution in [0.3, 0.4) is 0 Å². The van der Waals surface area contributed by atoms with E-state index in [-0.39, 0.29) is 24.5 Å². The fourth-order valence-electron chi connectivity index (χ4n) is 3.10. The Bertz CT molecular complexity index is 573. The summed E-state index contributed by atoms with van der Waals surface area (Å²) in [5, 5.41) is 15.2. The standard InChI is InChI=1S/C16H21N3O3/c1-10-2-4-11(5-3-10)7-17-12-6-14-15(21)18-13(9-20)16(22)19(14)8-12/h2-5,12-14,17,20H,6-9H2,1H3,(H,18,21)/t12-,13-,14-/m0/s1. The van der Waals surface area contributed by atoms with E-state index in [4.69, 9.17) is 5.11 Å². The van der Waals surface area contributed by atoms with Gasteiger partial charge in [-0.1, -0.05) is 29.8 Å². The first-order chi connectivity index (χ1) is 10.6. The van der Waals surface area contributed by atoms with E-state index < -0.39 is 12.1 Å². The summed E-state index contributed by atoms with van der Waals surface area (Å²) in [7, 11) is 0. The number of aryl methyl sites for hydroxylation is 1. The average molecular weight is 303 g/mol. The molecule has 2 fully saturated rings. The van der Waals surface area contributed by atoms with Crippen molar-refractivity contribution in [1.29, 1.82) is 0 Å². The molecule has 2 amide bonds. The number of hydrogen-bond donors (Lipinski definition) is 3. The molecule has 0 aromatic heterocycles. The van der Waals surface area contributed by atoms with Gasteiger partial charge in [0, 0.05) is 19.1 Å². The molecule has 3 N–H and O–H groups in total. The predicted octanol–water partition coefficient (Wildman–Crippen LogP) is -0.455. The predicted molar refractivity (Wildman–Crippen MR) is 80.9 cm³/mol. The van der Waals surface area contributed by atoms with Gasteiger partial charge in [-0.15, -0.1) is 0 Å². The fourth-order valence-corrected chi connectivity index (χ4v) is 3.10. The monoisotopic (exact) mass is 303 g/mol. The maximum Gasteiger partial charge on any atom is 0.248 e. The van der Waals surface area contributed by atoms with E-state index in [1.807, 2.05) is 6.92 Å². The first-order valence-electron chi connectivity index (χ1n) is 7.59. The molecule has 2 aliphatic heterocycles. The van der Waals surface area contributed by atoms with E-state index >= 15 is 0 Å². The molecule has 6 nitrogen and oxygen atoms in total. The highest BCUT2D eigenvalue weighted by Gasteiger charge is 2.45. The van der Waals surface area contributed by atoms with Gasteiger partial charge in [-0.3, -0.25) is 9.59 Å². The lowest BCUT2D eigenvalue weighted by Crippen LogP contribution is -2.62. The molecular formula is C16H21N3O3. The third-order valence-corrected chi connectivity index (χ3v) is 4.40. The van der Waals surface area contributed by atoms with Crippen LogP contribution < -0.4 is 10.6 Å². The van der Waals surface area contributed by atoms with Crippen LogP contribution in [0.1, 0.15) is 17.5 Å². The van der Waals surface area contributed by atoms with Crippen LogP contribution in [0.25, 0.3) is 0 Å². The minimum absolute atomic E-state index is 0.0958. The second kappa shape index (κ2) is 6.06. The smallest absolute Gasteiger partial charge is 0.248 e. The second-order valence-corrected chi connectivity index (χ2v) is 6.05. The zero-order valence-electron chi connectivity index (χ0n) is 12.6. The van der Waals surface area contributed by atoms with Gasteiger partial charge in [0.05, 0.1) is 6.61 Å². The molecule has 3 atom stereocenters. The van der Waals surface area contributed by atoms with Crippen molar-refractivity contribution in [2.24, 2.45) is 0 Å². The second-order valence-electron chi connectivity index (χ2n) is 6.05. The molecule has 118 valence electrons. The summed E-state index contributed by atoms with van der Waals surface area (Å²) in [6, 6.07) is 7.17. The highest BCUT2D eigenvalue weighted by atomic mass is 16.3. The van der Waals surface area contributed by atoms with E-state index in [0.717, 1.165) is 0 Å². The highest BCUT2D eigenvalue weighted by Crippen LogP contribution is 2.22. The summed E-state index contributed by atoms with van der Waals surface area (Å²) in [5.41, 5.74) is 2.40. The van der Waals surface area contributed by atoms with Crippen molar-refractivity contribution in [3.8, 4) is 0 Å². The Morgan fingerprint density at radius 2 is 2.05 bits per heavy atom. The first-order valence-corrected chi connectivity index (χ1v) is 7.59. The number of aliphatic hydroxyl groups excluding tert-OH is 1. The number of rotatable bonds is 4. The topological polar surface area (TPSA) is 81.7 Å². The van der Waals surface area contributed by atoms with Gasteiger partial charge in [-0.2, -0.15) is 0 Å². The third-order valence-electron chi connectivity index (χ3n) is 4.40. The van der Waals surface area contributed by atoms with Gasteiger partial charge in [0.25, 0.3) is 0 Å². The van der Waals surface area contributed by atoms with Crippen molar-refractivity contribution in [3.63, 3.8) is 0 Å². The zero-order valence-corrected chi connectivity index (χ0v) is 12.6. The van der Waals surface area contributed by atoms with Crippen molar-refractivity contribution in [2.75, 3.05) is 13.2 Å². The number of nitrogens with one attached hydrogen (secondary N) is 2. The summed E-state index contributed by atoms with van der Waals surface area (Å²) in [4.78, 5) is 25.8. The molecule has 1 aromatic rings. The minimum atomic E-state index is -0.792. The summed E-state index contributed by atoms with van der Waals surface area (Å²) in [6.07, 6.45) is 0.613. The SMILES string of the molecule is Cc1ccc(CN[C@H]2C[C@H]3C(=O)N[C@@H](CO)C(=O)N3C2)cc1. The highest BCUT2D eigenvalue weighted by molar-refractivity contribution is 5.97. The number of nitrogens with zero attached hydrogens (tertiary/aromatic N) is 1. The Balaban J connectivity index is 1.60. The average Bonchev–Trinajstić information content (AvgIpc) is 2.95. The summed E-state index contributed by atoms with van der Waals surface area (Å²) in [6.45, 7) is 2.92. The minimum Gasteiger partial charge on any atom is -0.394 e. The lowest BCUT2D eigenvalue weighted by molar-refractivity contribution is -0.148. The van der Waals surface area contributed by atoms with Gasteiger partial charge < -0.3 is 20.6 Å². The van der Waals surface area contributed by atoms with E-state index in [9.17, 15) is 9.59 Å². The van der Waals surface area contributed by atoms with E-state index in [1.165, 1.54) is 11.1 Å². The quantitative estimate of drug-likeness (QED) is 0.703. The van der Waals surface area contributed by atoms with Crippen LogP contribution in [0.15, 0.2) is 24.3 Å². The number of piperazine rings is 1. The molecular weight excluding hydrogens is 282 g/mol. The lowest BCUT2D eigenvalue weighted by Gasteiger charge is -2.33. The number of amides is 2. The van der Waals surface area contributed by atoms with Gasteiger partial charge in [0.2, 0.25) is 11.8 Å². The number of benzene rings is 1. The molecule has 2 saturated heterocycles. The van der Waals surface area contributed by atoms with Crippen LogP contribution >= 0.6 is 0 Å². The van der Waals surface area contributed by atoms with Crippen molar-refractivity contribution in [3.05, 3.63) is 35.4 Å². The Kier molecular flexibility index (Phi) is 4.13. The normalized spacial score (nSPS) is 27.7. The molecule has 1 aromatic carbocycles. The first kappa shape index (κ1) is 15.0. The number of hydrogen-bond acceptors (Lipinski definition) is 4. The molecule has 0 spiro atoms. The molecule has 0 aliphatic carbocycles. The van der Waals surface area contributed by atoms with Gasteiger partial charge >= 0.3 is 0 Å². The van der Waals surface area contributed by atoms with Crippen molar-refractivity contribution in [1.82, 2.24) is 15.5 Å². The molecule has 0 unspecified atom stereocenters. The molecule has 2 heterocycles. The Morgan fingerprint density at radius 1 is 1.32 bits per heavy atom. The number of fused-ring (bicyclic) bond motifs is 1. The molecule has 6 heteroatoms. The number of aliphatic hydroxyl groups is 1. The van der Waals surface area contributed by atoms with Crippen LogP contribution in [-0.2, 0) is 16.1 Å². The van der Waals surface area contributed by atoms with Crippen LogP contribution in [0, 0.1) is 6.92 Å². The Morgan fingerprint density at radius 3 is 2.73 bits per heavy atom. The molecule has 2 aliphatic rings. The van der Waals surface area contributed by atoms with Gasteiger partial charge in [-0.05, 0) is 18.9 Å². The van der Waals surface area contributed by atoms with Crippen LogP contribution in [0.5, 0.6) is 0 Å². The maximum absolute atomic E-state index is 12.2. The zero-order chi connectivity index (χ0) is 15.7. The molecule has 22 heavy (non-hydrogen) atoms. The van der Waals surface area contributed by atoms with Gasteiger partial charge in [0.15, 0.2) is 0 Å². The van der Waals surface area contributed by atoms with E-state index in [1.54, 1.807) is 4.90 Å². The van der Waals surface area contributed by atoms with E-state index in [2.05, 4.69) is 34.9 Å². The Labute approximate surface area is 129 Å². The summed E-state index contributed by atoms with van der Waals surface area (Å²) >= 11 is 0. The largest absolute Gasteiger partial charge is 0.394 e. The lowest BCUT2D eigenvalue weighted by atomic mass is 10.1. The molecule has 0 saturated carbocycles. The third kappa shape index (κ3) is 2.84. The van der Waals surface area contributed by atoms with Crippen LogP contribution in [-0.4, -0.2) is 53.1 Å². The summed E-state index contributed by atoms with van der Waals surface area (Å²) in [5.74, 6) is -0.356. The van der Waals surface area contributed by atoms with Crippen LogP contribution in [0.2, 0.25) is 0 Å². The molecule has 0 bridgehead atoms. The Hall–Kier alpha value is -1.92. The van der Waals surface area contributed by atoms with Crippen molar-refractivity contribution < 1.29 is 14.7 Å². The summed E-state index contributed by atoms with van der Waals surface area (Å²) < 4.78 is 0. The number of carbonyl (C=O) groups excluding carboxylic acids is 2.